The molecule has 1 aliphatic heterocycles. The van der Waals surface area contributed by atoms with Crippen molar-refractivity contribution < 1.29 is 27.5 Å². The number of halogens is 3. The second kappa shape index (κ2) is 10.6. The minimum absolute atomic E-state index is 0.0422. The van der Waals surface area contributed by atoms with Gasteiger partial charge in [-0.15, -0.1) is 0 Å². The molecule has 0 bridgehead atoms. The quantitative estimate of drug-likeness (QED) is 0.364. The van der Waals surface area contributed by atoms with Crippen molar-refractivity contribution in [3.05, 3.63) is 77.6 Å². The molecule has 3 heterocycles. The van der Waals surface area contributed by atoms with E-state index in [1.165, 1.54) is 42.9 Å². The van der Waals surface area contributed by atoms with Gasteiger partial charge in [-0.25, -0.2) is 13.2 Å². The molecule has 2 aromatic heterocycles. The van der Waals surface area contributed by atoms with Gasteiger partial charge in [-0.1, -0.05) is 18.2 Å². The van der Waals surface area contributed by atoms with Crippen molar-refractivity contribution in [2.24, 2.45) is 5.41 Å². The van der Waals surface area contributed by atoms with Gasteiger partial charge in [-0.05, 0) is 18.6 Å². The first-order valence-corrected chi connectivity index (χ1v) is 11.6. The number of anilines is 3. The summed E-state index contributed by atoms with van der Waals surface area (Å²) in [7, 11) is 0. The Morgan fingerprint density at radius 1 is 1.19 bits per heavy atom. The summed E-state index contributed by atoms with van der Waals surface area (Å²) in [6.45, 7) is 0.895. The third kappa shape index (κ3) is 6.05. The summed E-state index contributed by atoms with van der Waals surface area (Å²) in [5.41, 5.74) is 5.22. The maximum absolute atomic E-state index is 14.8. The first kappa shape index (κ1) is 26.1. The normalized spacial score (nSPS) is 17.4. The number of hydrogen-bond donors (Lipinski definition) is 3. The van der Waals surface area contributed by atoms with Crippen molar-refractivity contribution in [3.8, 4) is 0 Å². The average Bonchev–Trinajstić information content (AvgIpc) is 3.33. The number of nitrogens with two attached hydrogens (primary N) is 1. The van der Waals surface area contributed by atoms with Crippen LogP contribution in [0.4, 0.5) is 30.2 Å². The Bertz CT molecular complexity index is 1310. The highest BCUT2D eigenvalue weighted by atomic mass is 19.3. The molecule has 8 nitrogen and oxygen atoms in total. The van der Waals surface area contributed by atoms with E-state index >= 15 is 0 Å². The standard InChI is InChI=1S/C26H26F3N5O3/c1-25(28,29)19-4-2-3-5-21(19)34-18-9-20(27)22(32-13-18)14-33-24(36)26(6-7-37-15-26)10-23(35)16-8-17(30)12-31-11-16/h2-5,8-9,11-13,34H,6-7,10,14-15,30H2,1H3,(H,33,36)/t26-/m0/s1. The Labute approximate surface area is 211 Å². The topological polar surface area (TPSA) is 119 Å². The molecule has 194 valence electrons. The van der Waals surface area contributed by atoms with Crippen LogP contribution >= 0.6 is 0 Å². The third-order valence-corrected chi connectivity index (χ3v) is 6.18. The predicted molar refractivity (Wildman–Crippen MR) is 131 cm³/mol. The highest BCUT2D eigenvalue weighted by Gasteiger charge is 2.44. The van der Waals surface area contributed by atoms with Gasteiger partial charge >= 0.3 is 0 Å². The van der Waals surface area contributed by atoms with Crippen LogP contribution in [-0.4, -0.2) is 34.9 Å². The SMILES string of the molecule is CC(F)(F)c1ccccc1Nc1cnc(CNC(=O)[C@]2(CC(=O)c3cncc(N)c3)CCOC2)c(F)c1. The lowest BCUT2D eigenvalue weighted by Crippen LogP contribution is -2.43. The molecule has 11 heteroatoms. The van der Waals surface area contributed by atoms with Crippen molar-refractivity contribution in [2.45, 2.75) is 32.2 Å². The Balaban J connectivity index is 1.43. The number of Topliss-reactive ketones (excluding diaryl/α,β-unsaturated/α-hetero) is 1. The molecule has 1 amide bonds. The van der Waals surface area contributed by atoms with E-state index in [4.69, 9.17) is 10.5 Å². The zero-order valence-electron chi connectivity index (χ0n) is 20.1. The maximum atomic E-state index is 14.8. The Morgan fingerprint density at radius 2 is 1.97 bits per heavy atom. The van der Waals surface area contributed by atoms with Crippen molar-refractivity contribution in [2.75, 3.05) is 24.3 Å². The average molecular weight is 514 g/mol. The molecule has 1 fully saturated rings. The van der Waals surface area contributed by atoms with Crippen LogP contribution in [-0.2, 0) is 22.0 Å². The molecule has 1 saturated heterocycles. The summed E-state index contributed by atoms with van der Waals surface area (Å²) in [5, 5.41) is 5.42. The number of carbonyl (C=O) groups excluding carboxylic acids is 2. The number of ketones is 1. The molecule has 0 spiro atoms. The molecular formula is C26H26F3N5O3. The lowest BCUT2D eigenvalue weighted by Gasteiger charge is -2.25. The van der Waals surface area contributed by atoms with Crippen LogP contribution < -0.4 is 16.4 Å². The van der Waals surface area contributed by atoms with E-state index in [0.29, 0.717) is 18.7 Å². The highest BCUT2D eigenvalue weighted by molar-refractivity contribution is 6.00. The fourth-order valence-electron chi connectivity index (χ4n) is 4.17. The van der Waals surface area contributed by atoms with Gasteiger partial charge in [0.05, 0.1) is 41.8 Å². The number of ether oxygens (including phenoxy) is 1. The van der Waals surface area contributed by atoms with E-state index in [2.05, 4.69) is 20.6 Å². The fourth-order valence-corrected chi connectivity index (χ4v) is 4.17. The Hall–Kier alpha value is -3.99. The van der Waals surface area contributed by atoms with Crippen LogP contribution in [0, 0.1) is 11.2 Å². The van der Waals surface area contributed by atoms with E-state index < -0.39 is 23.1 Å². The molecule has 1 atom stereocenters. The first-order chi connectivity index (χ1) is 17.6. The van der Waals surface area contributed by atoms with E-state index in [9.17, 15) is 22.8 Å². The fraction of sp³-hybridized carbons (Fsp3) is 0.308. The maximum Gasteiger partial charge on any atom is 0.272 e. The van der Waals surface area contributed by atoms with Crippen molar-refractivity contribution >= 4 is 28.8 Å². The van der Waals surface area contributed by atoms with Crippen molar-refractivity contribution in [1.82, 2.24) is 15.3 Å². The molecule has 37 heavy (non-hydrogen) atoms. The second-order valence-electron chi connectivity index (χ2n) is 9.08. The molecule has 0 radical (unpaired) electrons. The molecule has 0 unspecified atom stereocenters. The second-order valence-corrected chi connectivity index (χ2v) is 9.08. The minimum atomic E-state index is -3.09. The van der Waals surface area contributed by atoms with E-state index in [0.717, 1.165) is 13.0 Å². The van der Waals surface area contributed by atoms with Crippen LogP contribution in [0.3, 0.4) is 0 Å². The van der Waals surface area contributed by atoms with Gasteiger partial charge in [-0.3, -0.25) is 19.6 Å². The Morgan fingerprint density at radius 3 is 2.65 bits per heavy atom. The lowest BCUT2D eigenvalue weighted by atomic mass is 9.80. The number of para-hydroxylation sites is 1. The number of hydrogen-bond acceptors (Lipinski definition) is 7. The molecular weight excluding hydrogens is 487 g/mol. The number of benzene rings is 1. The monoisotopic (exact) mass is 513 g/mol. The van der Waals surface area contributed by atoms with Gasteiger partial charge in [0.25, 0.3) is 5.92 Å². The zero-order valence-corrected chi connectivity index (χ0v) is 20.1. The summed E-state index contributed by atoms with van der Waals surface area (Å²) < 4.78 is 48.0. The number of amides is 1. The molecule has 0 aliphatic carbocycles. The van der Waals surface area contributed by atoms with E-state index in [1.54, 1.807) is 6.07 Å². The number of aromatic nitrogens is 2. The zero-order chi connectivity index (χ0) is 26.6. The van der Waals surface area contributed by atoms with Gasteiger partial charge in [0, 0.05) is 55.2 Å². The number of nitrogen functional groups attached to an aromatic ring is 1. The van der Waals surface area contributed by atoms with Crippen molar-refractivity contribution in [3.63, 3.8) is 0 Å². The number of alkyl halides is 2. The summed E-state index contributed by atoms with van der Waals surface area (Å²) in [6, 6.07) is 8.43. The first-order valence-electron chi connectivity index (χ1n) is 11.6. The number of rotatable bonds is 9. The Kier molecular flexibility index (Phi) is 7.44. The predicted octanol–water partition coefficient (Wildman–Crippen LogP) is 4.35. The van der Waals surface area contributed by atoms with Crippen LogP contribution in [0.2, 0.25) is 0 Å². The van der Waals surface area contributed by atoms with Gasteiger partial charge in [0.2, 0.25) is 5.91 Å². The smallest absolute Gasteiger partial charge is 0.272 e. The molecule has 4 N–H and O–H groups in total. The van der Waals surface area contributed by atoms with Crippen LogP contribution in [0.5, 0.6) is 0 Å². The summed E-state index contributed by atoms with van der Waals surface area (Å²) >= 11 is 0. The van der Waals surface area contributed by atoms with E-state index in [-0.39, 0.29) is 53.6 Å². The summed E-state index contributed by atoms with van der Waals surface area (Å²) in [6.07, 6.45) is 4.29. The van der Waals surface area contributed by atoms with Gasteiger partial charge < -0.3 is 21.1 Å². The molecule has 3 aromatic rings. The highest BCUT2D eigenvalue weighted by Crippen LogP contribution is 2.35. The van der Waals surface area contributed by atoms with Crippen LogP contribution in [0.1, 0.15) is 41.4 Å². The summed E-state index contributed by atoms with van der Waals surface area (Å²) in [4.78, 5) is 33.9. The number of nitrogens with zero attached hydrogens (tertiary/aromatic N) is 2. The molecule has 0 saturated carbocycles. The lowest BCUT2D eigenvalue weighted by molar-refractivity contribution is -0.131. The van der Waals surface area contributed by atoms with Gasteiger partial charge in [0.15, 0.2) is 5.78 Å². The number of pyridine rings is 2. The van der Waals surface area contributed by atoms with Gasteiger partial charge in [-0.2, -0.15) is 0 Å². The minimum Gasteiger partial charge on any atom is -0.397 e. The number of nitrogens with one attached hydrogen (secondary N) is 2. The summed E-state index contributed by atoms with van der Waals surface area (Å²) in [5.74, 6) is -4.59. The largest absolute Gasteiger partial charge is 0.397 e. The third-order valence-electron chi connectivity index (χ3n) is 6.18. The van der Waals surface area contributed by atoms with Crippen LogP contribution in [0.15, 0.2) is 55.0 Å². The molecule has 1 aromatic carbocycles. The van der Waals surface area contributed by atoms with E-state index in [1.807, 2.05) is 0 Å². The van der Waals surface area contributed by atoms with Crippen LogP contribution in [0.25, 0.3) is 0 Å². The van der Waals surface area contributed by atoms with Gasteiger partial charge in [0.1, 0.15) is 5.82 Å². The molecule has 1 aliphatic rings. The molecule has 4 rings (SSSR count). The van der Waals surface area contributed by atoms with Crippen molar-refractivity contribution in [1.29, 1.82) is 0 Å². The number of carbonyl (C=O) groups is 2.